The molecule has 0 bridgehead atoms. The molecule has 3 aromatic rings. The highest BCUT2D eigenvalue weighted by Gasteiger charge is 2.20. The van der Waals surface area contributed by atoms with Crippen molar-refractivity contribution in [2.24, 2.45) is 0 Å². The number of imidazole rings is 1. The number of amides is 1. The molecule has 1 aliphatic heterocycles. The fourth-order valence-corrected chi connectivity index (χ4v) is 3.76. The summed E-state index contributed by atoms with van der Waals surface area (Å²) < 4.78 is 24.3. The maximum absolute atomic E-state index is 12.6. The summed E-state index contributed by atoms with van der Waals surface area (Å²) in [4.78, 5) is 20.8. The first-order chi connectivity index (χ1) is 13.0. The number of hydrogen-bond acceptors (Lipinski definition) is 5. The maximum atomic E-state index is 12.6. The number of carbonyl (C=O) groups is 1. The van der Waals surface area contributed by atoms with Gasteiger partial charge in [0.1, 0.15) is 5.65 Å². The van der Waals surface area contributed by atoms with Crippen LogP contribution in [0.25, 0.3) is 16.8 Å². The third-order valence-corrected chi connectivity index (χ3v) is 5.63. The lowest BCUT2D eigenvalue weighted by molar-refractivity contribution is 0.0664. The third kappa shape index (κ3) is 3.45. The van der Waals surface area contributed by atoms with Gasteiger partial charge in [-0.2, -0.15) is 0 Å². The molecule has 1 amide bonds. The van der Waals surface area contributed by atoms with Gasteiger partial charge in [-0.1, -0.05) is 12.1 Å². The maximum Gasteiger partial charge on any atom is 0.253 e. The number of fused-ring (bicyclic) bond motifs is 1. The molecule has 2 aromatic heterocycles. The molecule has 8 heteroatoms. The van der Waals surface area contributed by atoms with Crippen molar-refractivity contribution in [3.8, 4) is 11.1 Å². The smallest absolute Gasteiger partial charge is 0.253 e. The van der Waals surface area contributed by atoms with Crippen LogP contribution < -0.4 is 0 Å². The number of nitrogens with zero attached hydrogens (tertiary/aromatic N) is 4. The van der Waals surface area contributed by atoms with Crippen LogP contribution in [-0.4, -0.2) is 66.7 Å². The fraction of sp³-hybridized carbons (Fsp3) is 0.263. The molecule has 7 nitrogen and oxygen atoms in total. The van der Waals surface area contributed by atoms with E-state index in [4.69, 9.17) is 0 Å². The normalized spacial score (nSPS) is 15.6. The van der Waals surface area contributed by atoms with Crippen molar-refractivity contribution in [1.29, 1.82) is 0 Å². The lowest BCUT2D eigenvalue weighted by Gasteiger charge is -2.32. The highest BCUT2D eigenvalue weighted by atomic mass is 32.2. The number of pyridine rings is 1. The second-order valence-electron chi connectivity index (χ2n) is 6.69. The number of piperazine rings is 1. The quantitative estimate of drug-likeness (QED) is 0.690. The second kappa shape index (κ2) is 7.13. The van der Waals surface area contributed by atoms with Crippen molar-refractivity contribution in [3.05, 3.63) is 54.4 Å². The Hall–Kier alpha value is -2.71. The predicted octanol–water partition coefficient (Wildman–Crippen LogP) is 1.36. The number of thiol groups is 1. The van der Waals surface area contributed by atoms with E-state index in [1.807, 2.05) is 35.2 Å². The summed E-state index contributed by atoms with van der Waals surface area (Å²) in [7, 11) is -0.660. The van der Waals surface area contributed by atoms with Crippen molar-refractivity contribution in [2.75, 3.05) is 33.2 Å². The van der Waals surface area contributed by atoms with E-state index < -0.39 is 10.7 Å². The first-order valence-corrected chi connectivity index (χ1v) is 9.90. The molecular weight excluding hydrogens is 364 g/mol. The molecule has 1 aliphatic rings. The second-order valence-corrected chi connectivity index (χ2v) is 7.66. The number of hydrogen-bond donors (Lipinski definition) is 1. The molecule has 0 saturated carbocycles. The van der Waals surface area contributed by atoms with E-state index in [9.17, 15) is 13.2 Å². The summed E-state index contributed by atoms with van der Waals surface area (Å²) in [6.45, 7) is 3.26. The molecule has 0 aliphatic carbocycles. The van der Waals surface area contributed by atoms with E-state index in [-0.39, 0.29) is 10.9 Å². The molecule has 27 heavy (non-hydrogen) atoms. The van der Waals surface area contributed by atoms with Gasteiger partial charge in [-0.15, -0.1) is 0 Å². The van der Waals surface area contributed by atoms with Gasteiger partial charge in [-0.25, -0.2) is 13.4 Å². The highest BCUT2D eigenvalue weighted by molar-refractivity contribution is 7.72. The minimum absolute atomic E-state index is 0.0466. The third-order valence-electron chi connectivity index (χ3n) is 4.93. The molecule has 0 atom stereocenters. The van der Waals surface area contributed by atoms with Gasteiger partial charge >= 0.3 is 0 Å². The first-order valence-electron chi connectivity index (χ1n) is 8.73. The van der Waals surface area contributed by atoms with Crippen LogP contribution in [0.2, 0.25) is 0 Å². The summed E-state index contributed by atoms with van der Waals surface area (Å²) in [6.07, 6.45) is 3.10. The Morgan fingerprint density at radius 3 is 2.30 bits per heavy atom. The van der Waals surface area contributed by atoms with E-state index in [0.29, 0.717) is 11.2 Å². The summed E-state index contributed by atoms with van der Waals surface area (Å²) >= 11 is 0. The Morgan fingerprint density at radius 1 is 0.963 bits per heavy atom. The van der Waals surface area contributed by atoms with Gasteiger partial charge in [0.2, 0.25) is 0 Å². The van der Waals surface area contributed by atoms with E-state index in [1.165, 1.54) is 6.20 Å². The Bertz CT molecular complexity index is 1060. The zero-order valence-electron chi connectivity index (χ0n) is 14.9. The summed E-state index contributed by atoms with van der Waals surface area (Å²) in [5.74, 6) is 0.0466. The zero-order valence-corrected chi connectivity index (χ0v) is 15.8. The molecule has 0 N–H and O–H groups in total. The molecular formula is C19H20N4O3S. The molecule has 1 fully saturated rings. The molecule has 4 rings (SSSR count). The Labute approximate surface area is 158 Å². The lowest BCUT2D eigenvalue weighted by Crippen LogP contribution is -2.47. The van der Waals surface area contributed by atoms with Gasteiger partial charge in [0.25, 0.3) is 5.91 Å². The van der Waals surface area contributed by atoms with Crippen LogP contribution in [0.15, 0.2) is 53.8 Å². The first kappa shape index (κ1) is 17.7. The Kier molecular flexibility index (Phi) is 4.67. The van der Waals surface area contributed by atoms with Crippen LogP contribution in [0.1, 0.15) is 10.4 Å². The van der Waals surface area contributed by atoms with E-state index >= 15 is 0 Å². The van der Waals surface area contributed by atoms with Crippen molar-refractivity contribution >= 4 is 22.3 Å². The topological polar surface area (TPSA) is 75.0 Å². The van der Waals surface area contributed by atoms with E-state index in [2.05, 4.69) is 16.9 Å². The van der Waals surface area contributed by atoms with Crippen LogP contribution in [0.4, 0.5) is 0 Å². The molecule has 1 saturated heterocycles. The van der Waals surface area contributed by atoms with Crippen molar-refractivity contribution < 1.29 is 13.2 Å². The van der Waals surface area contributed by atoms with Gasteiger partial charge in [-0.3, -0.25) is 9.20 Å². The summed E-state index contributed by atoms with van der Waals surface area (Å²) in [5.41, 5.74) is 3.01. The molecule has 0 radical (unpaired) electrons. The number of rotatable bonds is 3. The van der Waals surface area contributed by atoms with Gasteiger partial charge < -0.3 is 9.80 Å². The van der Waals surface area contributed by atoms with Crippen molar-refractivity contribution in [3.63, 3.8) is 0 Å². The van der Waals surface area contributed by atoms with Crippen molar-refractivity contribution in [1.82, 2.24) is 19.2 Å². The van der Waals surface area contributed by atoms with Gasteiger partial charge in [0.05, 0.1) is 6.20 Å². The summed E-state index contributed by atoms with van der Waals surface area (Å²) in [5, 5.41) is 0.156. The van der Waals surface area contributed by atoms with Crippen LogP contribution in [-0.2, 0) is 10.7 Å². The SMILES string of the molecule is CN1CCN(C(=O)c2ccc(-c3ccc4ncc([SH](=O)=O)n4c3)cc2)CC1. The van der Waals surface area contributed by atoms with Gasteiger partial charge in [0.15, 0.2) is 15.7 Å². The number of benzene rings is 1. The molecule has 1 aromatic carbocycles. The van der Waals surface area contributed by atoms with Crippen LogP contribution in [0, 0.1) is 0 Å². The predicted molar refractivity (Wildman–Crippen MR) is 103 cm³/mol. The number of aromatic nitrogens is 2. The van der Waals surface area contributed by atoms with E-state index in [0.717, 1.165) is 37.3 Å². The number of carbonyl (C=O) groups excluding carboxylic acids is 1. The molecule has 0 spiro atoms. The van der Waals surface area contributed by atoms with Crippen LogP contribution in [0.3, 0.4) is 0 Å². The zero-order chi connectivity index (χ0) is 19.0. The highest BCUT2D eigenvalue weighted by Crippen LogP contribution is 2.22. The van der Waals surface area contributed by atoms with Crippen LogP contribution in [0.5, 0.6) is 0 Å². The monoisotopic (exact) mass is 384 g/mol. The van der Waals surface area contributed by atoms with Gasteiger partial charge in [-0.05, 0) is 42.4 Å². The average molecular weight is 384 g/mol. The minimum atomic E-state index is -2.72. The average Bonchev–Trinajstić information content (AvgIpc) is 3.12. The number of likely N-dealkylation sites (N-methyl/N-ethyl adjacent to an activating group) is 1. The standard InChI is InChI=1S/C19H20N4O3S/c1-21-8-10-22(11-9-21)19(24)15-4-2-14(3-5-15)16-6-7-17-20-12-18(27(25)26)23(17)13-16/h2-7,12-13,27H,8-11H2,1H3. The lowest BCUT2D eigenvalue weighted by atomic mass is 10.0. The molecule has 3 heterocycles. The Balaban J connectivity index is 1.59. The van der Waals surface area contributed by atoms with Crippen molar-refractivity contribution in [2.45, 2.75) is 5.03 Å². The summed E-state index contributed by atoms with van der Waals surface area (Å²) in [6, 6.07) is 11.1. The fourth-order valence-electron chi connectivity index (χ4n) is 3.27. The molecule has 140 valence electrons. The Morgan fingerprint density at radius 2 is 1.63 bits per heavy atom. The van der Waals surface area contributed by atoms with Gasteiger partial charge in [0, 0.05) is 37.9 Å². The van der Waals surface area contributed by atoms with E-state index in [1.54, 1.807) is 16.7 Å². The minimum Gasteiger partial charge on any atom is -0.336 e. The largest absolute Gasteiger partial charge is 0.336 e. The van der Waals surface area contributed by atoms with Crippen LogP contribution >= 0.6 is 0 Å². The molecule has 0 unspecified atom stereocenters.